The fourth-order valence-electron chi connectivity index (χ4n) is 2.25. The summed E-state index contributed by atoms with van der Waals surface area (Å²) in [4.78, 5) is 0. The molecule has 1 aromatic heterocycles. The quantitative estimate of drug-likeness (QED) is 0.695. The van der Waals surface area contributed by atoms with Crippen LogP contribution in [0.3, 0.4) is 0 Å². The molecule has 0 spiro atoms. The van der Waals surface area contributed by atoms with Gasteiger partial charge in [0.1, 0.15) is 5.92 Å². The van der Waals surface area contributed by atoms with Gasteiger partial charge in [0.15, 0.2) is 5.15 Å². The van der Waals surface area contributed by atoms with E-state index in [1.54, 1.807) is 12.1 Å². The van der Waals surface area contributed by atoms with Gasteiger partial charge in [0.25, 0.3) is 0 Å². The first-order chi connectivity index (χ1) is 10.2. The molecular formula is C16H9Cl2N3. The lowest BCUT2D eigenvalue weighted by Gasteiger charge is -2.11. The summed E-state index contributed by atoms with van der Waals surface area (Å²) < 4.78 is 0. The molecule has 0 saturated carbocycles. The predicted octanol–water partition coefficient (Wildman–Crippen LogP) is 4.59. The number of aromatic nitrogens is 2. The smallest absolute Gasteiger partial charge is 0.159 e. The van der Waals surface area contributed by atoms with E-state index in [-0.39, 0.29) is 0 Å². The average molecular weight is 314 g/mol. The molecule has 0 aliphatic carbocycles. The van der Waals surface area contributed by atoms with Crippen molar-refractivity contribution in [3.63, 3.8) is 0 Å². The highest BCUT2D eigenvalue weighted by molar-refractivity contribution is 6.34. The van der Waals surface area contributed by atoms with E-state index >= 15 is 0 Å². The molecule has 5 heteroatoms. The van der Waals surface area contributed by atoms with Crippen molar-refractivity contribution >= 4 is 34.0 Å². The Morgan fingerprint density at radius 3 is 2.24 bits per heavy atom. The van der Waals surface area contributed by atoms with Crippen LogP contribution in [-0.4, -0.2) is 10.2 Å². The normalized spacial score (nSPS) is 12.0. The highest BCUT2D eigenvalue weighted by atomic mass is 35.5. The minimum absolute atomic E-state index is 0.335. The first-order valence-corrected chi connectivity index (χ1v) is 7.02. The average Bonchev–Trinajstić information content (AvgIpc) is 2.52. The summed E-state index contributed by atoms with van der Waals surface area (Å²) in [5.41, 5.74) is 1.42. The van der Waals surface area contributed by atoms with Gasteiger partial charge in [-0.2, -0.15) is 10.4 Å². The molecule has 0 bridgehead atoms. The lowest BCUT2D eigenvalue weighted by Crippen LogP contribution is -2.04. The molecule has 3 aromatic rings. The monoisotopic (exact) mass is 313 g/mol. The van der Waals surface area contributed by atoms with Crippen molar-refractivity contribution in [3.8, 4) is 6.07 Å². The minimum atomic E-state index is -0.517. The Morgan fingerprint density at radius 2 is 1.57 bits per heavy atom. The molecule has 0 amide bonds. The second-order valence-electron chi connectivity index (χ2n) is 4.54. The van der Waals surface area contributed by atoms with E-state index < -0.39 is 5.92 Å². The Labute approximate surface area is 131 Å². The second-order valence-corrected chi connectivity index (χ2v) is 5.33. The van der Waals surface area contributed by atoms with Crippen LogP contribution in [0.4, 0.5) is 0 Å². The van der Waals surface area contributed by atoms with Crippen molar-refractivity contribution in [3.05, 3.63) is 70.0 Å². The fraction of sp³-hybridized carbons (Fsp3) is 0.0625. The number of halogens is 2. The summed E-state index contributed by atoms with van der Waals surface area (Å²) in [6.45, 7) is 0. The van der Waals surface area contributed by atoms with Gasteiger partial charge in [-0.05, 0) is 17.7 Å². The van der Waals surface area contributed by atoms with Crippen LogP contribution in [0, 0.1) is 11.3 Å². The molecule has 1 atom stereocenters. The maximum Gasteiger partial charge on any atom is 0.159 e. The number of fused-ring (bicyclic) bond motifs is 1. The number of hydrogen-bond donors (Lipinski definition) is 0. The van der Waals surface area contributed by atoms with E-state index in [0.717, 1.165) is 16.3 Å². The maximum atomic E-state index is 9.55. The Bertz CT molecular complexity index is 838. The van der Waals surface area contributed by atoms with Gasteiger partial charge in [-0.1, -0.05) is 59.6 Å². The van der Waals surface area contributed by atoms with Gasteiger partial charge in [-0.25, -0.2) is 0 Å². The molecule has 3 rings (SSSR count). The van der Waals surface area contributed by atoms with Gasteiger partial charge in [-0.3, -0.25) is 0 Å². The highest BCUT2D eigenvalue weighted by Gasteiger charge is 2.19. The molecule has 0 fully saturated rings. The van der Waals surface area contributed by atoms with Gasteiger partial charge in [0, 0.05) is 15.8 Å². The van der Waals surface area contributed by atoms with Gasteiger partial charge in [0.2, 0.25) is 0 Å². The van der Waals surface area contributed by atoms with Crippen LogP contribution in [0.2, 0.25) is 10.2 Å². The van der Waals surface area contributed by atoms with E-state index in [1.165, 1.54) is 0 Å². The maximum absolute atomic E-state index is 9.55. The van der Waals surface area contributed by atoms with Crippen molar-refractivity contribution < 1.29 is 0 Å². The largest absolute Gasteiger partial charge is 0.197 e. The molecule has 1 heterocycles. The summed E-state index contributed by atoms with van der Waals surface area (Å²) >= 11 is 12.0. The number of hydrogen-bond acceptors (Lipinski definition) is 3. The number of rotatable bonds is 2. The zero-order chi connectivity index (χ0) is 14.8. The predicted molar refractivity (Wildman–Crippen MR) is 83.5 cm³/mol. The van der Waals surface area contributed by atoms with Crippen LogP contribution >= 0.6 is 23.2 Å². The van der Waals surface area contributed by atoms with Crippen molar-refractivity contribution in [2.24, 2.45) is 0 Å². The Hall–Kier alpha value is -2.15. The van der Waals surface area contributed by atoms with Crippen molar-refractivity contribution in [2.75, 3.05) is 0 Å². The van der Waals surface area contributed by atoms with Gasteiger partial charge < -0.3 is 0 Å². The van der Waals surface area contributed by atoms with E-state index in [2.05, 4.69) is 16.3 Å². The topological polar surface area (TPSA) is 49.6 Å². The second kappa shape index (κ2) is 5.69. The van der Waals surface area contributed by atoms with Crippen LogP contribution in [0.5, 0.6) is 0 Å². The molecular weight excluding hydrogens is 305 g/mol. The van der Waals surface area contributed by atoms with Crippen LogP contribution < -0.4 is 0 Å². The lowest BCUT2D eigenvalue weighted by molar-refractivity contribution is 0.904. The Kier molecular flexibility index (Phi) is 3.74. The van der Waals surface area contributed by atoms with Gasteiger partial charge in [-0.15, -0.1) is 5.10 Å². The standard InChI is InChI=1S/C16H9Cl2N3/c17-11-7-5-10(6-8-11)14(9-19)15-12-3-1-2-4-13(12)16(18)21-20-15/h1-8,14H. The highest BCUT2D eigenvalue weighted by Crippen LogP contribution is 2.31. The number of nitriles is 1. The van der Waals surface area contributed by atoms with E-state index in [4.69, 9.17) is 23.2 Å². The third-order valence-corrected chi connectivity index (χ3v) is 3.81. The fourth-order valence-corrected chi connectivity index (χ4v) is 2.58. The zero-order valence-corrected chi connectivity index (χ0v) is 12.3. The molecule has 102 valence electrons. The summed E-state index contributed by atoms with van der Waals surface area (Å²) in [6.07, 6.45) is 0. The Morgan fingerprint density at radius 1 is 0.905 bits per heavy atom. The summed E-state index contributed by atoms with van der Waals surface area (Å²) in [5, 5.41) is 20.2. The Balaban J connectivity index is 2.21. The van der Waals surface area contributed by atoms with E-state index in [1.807, 2.05) is 36.4 Å². The summed E-state index contributed by atoms with van der Waals surface area (Å²) in [5.74, 6) is -0.517. The zero-order valence-electron chi connectivity index (χ0n) is 10.8. The number of benzene rings is 2. The lowest BCUT2D eigenvalue weighted by atomic mass is 9.94. The molecule has 0 aliphatic heterocycles. The molecule has 21 heavy (non-hydrogen) atoms. The van der Waals surface area contributed by atoms with Gasteiger partial charge >= 0.3 is 0 Å². The molecule has 0 N–H and O–H groups in total. The van der Waals surface area contributed by atoms with Crippen LogP contribution in [0.25, 0.3) is 10.8 Å². The summed E-state index contributed by atoms with van der Waals surface area (Å²) in [7, 11) is 0. The molecule has 1 unspecified atom stereocenters. The molecule has 0 saturated heterocycles. The molecule has 0 aliphatic rings. The van der Waals surface area contributed by atoms with Gasteiger partial charge in [0.05, 0.1) is 11.8 Å². The first kappa shape index (κ1) is 13.8. The summed E-state index contributed by atoms with van der Waals surface area (Å²) in [6, 6.07) is 17.0. The molecule has 2 aromatic carbocycles. The van der Waals surface area contributed by atoms with Crippen LogP contribution in [0.1, 0.15) is 17.2 Å². The van der Waals surface area contributed by atoms with E-state index in [0.29, 0.717) is 15.9 Å². The molecule has 0 radical (unpaired) electrons. The molecule has 3 nitrogen and oxygen atoms in total. The van der Waals surface area contributed by atoms with Crippen molar-refractivity contribution in [1.82, 2.24) is 10.2 Å². The van der Waals surface area contributed by atoms with Crippen LogP contribution in [-0.2, 0) is 0 Å². The minimum Gasteiger partial charge on any atom is -0.197 e. The van der Waals surface area contributed by atoms with Crippen LogP contribution in [0.15, 0.2) is 48.5 Å². The van der Waals surface area contributed by atoms with Crippen molar-refractivity contribution in [2.45, 2.75) is 5.92 Å². The third kappa shape index (κ3) is 2.56. The SMILES string of the molecule is N#CC(c1ccc(Cl)cc1)c1nnc(Cl)c2ccccc12. The van der Waals surface area contributed by atoms with E-state index in [9.17, 15) is 5.26 Å². The number of nitrogens with zero attached hydrogens (tertiary/aromatic N) is 3. The first-order valence-electron chi connectivity index (χ1n) is 6.26. The van der Waals surface area contributed by atoms with Crippen molar-refractivity contribution in [1.29, 1.82) is 5.26 Å². The third-order valence-electron chi connectivity index (χ3n) is 3.28.